The van der Waals surface area contributed by atoms with Gasteiger partial charge in [0, 0.05) is 24.2 Å². The predicted molar refractivity (Wildman–Crippen MR) is 69.4 cm³/mol. The number of non-ortho nitro benzene ring substituents is 1. The number of hydrogen-bond acceptors (Lipinski definition) is 5. The highest BCUT2D eigenvalue weighted by Crippen LogP contribution is 2.32. The molecule has 0 aliphatic heterocycles. The molecule has 0 spiro atoms. The zero-order valence-electron chi connectivity index (χ0n) is 9.80. The Kier molecular flexibility index (Phi) is 3.52. The van der Waals surface area contributed by atoms with Crippen molar-refractivity contribution in [3.63, 3.8) is 0 Å². The van der Waals surface area contributed by atoms with Gasteiger partial charge in [0.1, 0.15) is 4.90 Å². The van der Waals surface area contributed by atoms with Gasteiger partial charge in [0.25, 0.3) is 5.69 Å². The molecule has 0 saturated heterocycles. The molecule has 0 aromatic heterocycles. The van der Waals surface area contributed by atoms with Gasteiger partial charge in [-0.3, -0.25) is 10.1 Å². The van der Waals surface area contributed by atoms with Gasteiger partial charge in [-0.25, -0.2) is 13.1 Å². The largest absolute Gasteiger partial charge is 0.324 e. The number of hydrogen-bond donors (Lipinski definition) is 2. The van der Waals surface area contributed by atoms with E-state index < -0.39 is 20.5 Å². The molecule has 2 rings (SSSR count). The van der Waals surface area contributed by atoms with Gasteiger partial charge in [0.05, 0.1) is 9.95 Å². The highest BCUT2D eigenvalue weighted by atomic mass is 35.5. The van der Waals surface area contributed by atoms with Crippen LogP contribution < -0.4 is 10.5 Å². The number of nitrogens with one attached hydrogen (secondary N) is 1. The van der Waals surface area contributed by atoms with Gasteiger partial charge in [-0.2, -0.15) is 0 Å². The monoisotopic (exact) mass is 305 g/mol. The Morgan fingerprint density at radius 1 is 1.47 bits per heavy atom. The second kappa shape index (κ2) is 4.71. The fourth-order valence-electron chi connectivity index (χ4n) is 1.48. The number of nitro benzene ring substituents is 1. The number of nitrogens with zero attached hydrogens (tertiary/aromatic N) is 1. The average molecular weight is 306 g/mol. The summed E-state index contributed by atoms with van der Waals surface area (Å²) < 4.78 is 26.3. The SMILES string of the molecule is NC1(CNS(=O)(=O)c2ccc([N+](=O)[O-])cc2Cl)CC1. The van der Waals surface area contributed by atoms with Gasteiger partial charge >= 0.3 is 0 Å². The first-order valence-electron chi connectivity index (χ1n) is 5.46. The summed E-state index contributed by atoms with van der Waals surface area (Å²) in [7, 11) is -3.81. The molecule has 0 atom stereocenters. The lowest BCUT2D eigenvalue weighted by Gasteiger charge is -2.11. The first-order chi connectivity index (χ1) is 8.73. The maximum absolute atomic E-state index is 12.0. The Morgan fingerprint density at radius 3 is 2.58 bits per heavy atom. The lowest BCUT2D eigenvalue weighted by atomic mass is 10.3. The molecule has 1 aliphatic carbocycles. The highest BCUT2D eigenvalue weighted by Gasteiger charge is 2.39. The maximum Gasteiger partial charge on any atom is 0.271 e. The molecule has 7 nitrogen and oxygen atoms in total. The van der Waals surface area contributed by atoms with Crippen molar-refractivity contribution in [3.8, 4) is 0 Å². The smallest absolute Gasteiger partial charge is 0.271 e. The normalized spacial score (nSPS) is 17.2. The summed E-state index contributed by atoms with van der Waals surface area (Å²) in [6.45, 7) is 0.128. The third-order valence-electron chi connectivity index (χ3n) is 2.92. The van der Waals surface area contributed by atoms with Crippen molar-refractivity contribution in [2.75, 3.05) is 6.54 Å². The standard InChI is InChI=1S/C10H12ClN3O4S/c11-8-5-7(14(15)16)1-2-9(8)19(17,18)13-6-10(12)3-4-10/h1-2,5,13H,3-4,6,12H2. The number of halogens is 1. The third-order valence-corrected chi connectivity index (χ3v) is 4.81. The van der Waals surface area contributed by atoms with E-state index >= 15 is 0 Å². The fraction of sp³-hybridized carbons (Fsp3) is 0.400. The Bertz CT molecular complexity index is 628. The second-order valence-corrected chi connectivity index (χ2v) is 6.70. The van der Waals surface area contributed by atoms with Gasteiger partial charge < -0.3 is 5.73 Å². The van der Waals surface area contributed by atoms with Crippen LogP contribution in [0.1, 0.15) is 12.8 Å². The molecule has 9 heteroatoms. The number of sulfonamides is 1. The summed E-state index contributed by atoms with van der Waals surface area (Å²) >= 11 is 5.77. The molecule has 0 amide bonds. The first kappa shape index (κ1) is 14.2. The molecule has 0 unspecified atom stereocenters. The van der Waals surface area contributed by atoms with Gasteiger partial charge in [0.15, 0.2) is 0 Å². The molecule has 104 valence electrons. The molecule has 0 bridgehead atoms. The van der Waals surface area contributed by atoms with Gasteiger partial charge in [-0.15, -0.1) is 0 Å². The number of nitro groups is 1. The predicted octanol–water partition coefficient (Wildman–Crippen LogP) is 1.02. The van der Waals surface area contributed by atoms with Gasteiger partial charge in [-0.1, -0.05) is 11.6 Å². The quantitative estimate of drug-likeness (QED) is 0.622. The minimum Gasteiger partial charge on any atom is -0.324 e. The zero-order valence-corrected chi connectivity index (χ0v) is 11.4. The Hall–Kier alpha value is -1.22. The van der Waals surface area contributed by atoms with Crippen LogP contribution in [-0.2, 0) is 10.0 Å². The number of nitrogens with two attached hydrogens (primary N) is 1. The van der Waals surface area contributed by atoms with Crippen molar-refractivity contribution in [2.24, 2.45) is 5.73 Å². The van der Waals surface area contributed by atoms with E-state index in [1.54, 1.807) is 0 Å². The van der Waals surface area contributed by atoms with E-state index in [-0.39, 0.29) is 22.2 Å². The third kappa shape index (κ3) is 3.21. The van der Waals surface area contributed by atoms with Crippen LogP contribution >= 0.6 is 11.6 Å². The molecule has 3 N–H and O–H groups in total. The lowest BCUT2D eigenvalue weighted by molar-refractivity contribution is -0.384. The topological polar surface area (TPSA) is 115 Å². The summed E-state index contributed by atoms with van der Waals surface area (Å²) in [6, 6.07) is 3.21. The van der Waals surface area contributed by atoms with Crippen LogP contribution in [0, 0.1) is 10.1 Å². The van der Waals surface area contributed by atoms with Crippen molar-refractivity contribution in [1.29, 1.82) is 0 Å². The van der Waals surface area contributed by atoms with Crippen molar-refractivity contribution >= 4 is 27.3 Å². The van der Waals surface area contributed by atoms with Crippen molar-refractivity contribution in [3.05, 3.63) is 33.3 Å². The van der Waals surface area contributed by atoms with E-state index in [0.717, 1.165) is 31.0 Å². The van der Waals surface area contributed by atoms with Crippen molar-refractivity contribution < 1.29 is 13.3 Å². The fourth-order valence-corrected chi connectivity index (χ4v) is 3.15. The van der Waals surface area contributed by atoms with Crippen LogP contribution in [0.5, 0.6) is 0 Å². The Morgan fingerprint density at radius 2 is 2.11 bits per heavy atom. The summed E-state index contributed by atoms with van der Waals surface area (Å²) in [6.07, 6.45) is 1.53. The molecule has 1 saturated carbocycles. The summed E-state index contributed by atoms with van der Waals surface area (Å²) in [4.78, 5) is 9.71. The van der Waals surface area contributed by atoms with Crippen LogP contribution in [0.25, 0.3) is 0 Å². The maximum atomic E-state index is 12.0. The van der Waals surface area contributed by atoms with E-state index in [0.29, 0.717) is 0 Å². The van der Waals surface area contributed by atoms with Gasteiger partial charge in [0.2, 0.25) is 10.0 Å². The summed E-state index contributed by atoms with van der Waals surface area (Å²) in [5, 5.41) is 10.4. The highest BCUT2D eigenvalue weighted by molar-refractivity contribution is 7.89. The molecule has 1 aromatic rings. The summed E-state index contributed by atoms with van der Waals surface area (Å²) in [5.74, 6) is 0. The van der Waals surface area contributed by atoms with Crippen molar-refractivity contribution in [2.45, 2.75) is 23.3 Å². The molecule has 19 heavy (non-hydrogen) atoms. The van der Waals surface area contributed by atoms with Crippen molar-refractivity contribution in [1.82, 2.24) is 4.72 Å². The molecular formula is C10H12ClN3O4S. The molecular weight excluding hydrogens is 294 g/mol. The minimum absolute atomic E-state index is 0.128. The Balaban J connectivity index is 2.22. The zero-order chi connectivity index (χ0) is 14.3. The molecule has 1 aromatic carbocycles. The van der Waals surface area contributed by atoms with Crippen LogP contribution in [0.15, 0.2) is 23.1 Å². The second-order valence-electron chi connectivity index (χ2n) is 4.56. The van der Waals surface area contributed by atoms with E-state index in [4.69, 9.17) is 17.3 Å². The first-order valence-corrected chi connectivity index (χ1v) is 7.32. The molecule has 1 aliphatic rings. The van der Waals surface area contributed by atoms with Crippen LogP contribution in [0.3, 0.4) is 0 Å². The van der Waals surface area contributed by atoms with Crippen LogP contribution in [-0.4, -0.2) is 25.4 Å². The van der Waals surface area contributed by atoms with E-state index in [1.165, 1.54) is 0 Å². The molecule has 0 radical (unpaired) electrons. The lowest BCUT2D eigenvalue weighted by Crippen LogP contribution is -2.39. The molecule has 0 heterocycles. The Labute approximate surface area is 114 Å². The molecule has 1 fully saturated rings. The number of benzene rings is 1. The van der Waals surface area contributed by atoms with Crippen LogP contribution in [0.2, 0.25) is 5.02 Å². The van der Waals surface area contributed by atoms with Gasteiger partial charge in [-0.05, 0) is 18.9 Å². The summed E-state index contributed by atoms with van der Waals surface area (Å²) in [5.41, 5.74) is 5.05. The van der Waals surface area contributed by atoms with E-state index in [2.05, 4.69) is 4.72 Å². The number of rotatable bonds is 5. The van der Waals surface area contributed by atoms with Crippen LogP contribution in [0.4, 0.5) is 5.69 Å². The van der Waals surface area contributed by atoms with E-state index in [1.807, 2.05) is 0 Å². The minimum atomic E-state index is -3.81. The van der Waals surface area contributed by atoms with E-state index in [9.17, 15) is 18.5 Å². The average Bonchev–Trinajstić information content (AvgIpc) is 3.05.